The maximum absolute atomic E-state index is 12.2. The zero-order valence-electron chi connectivity index (χ0n) is 11.2. The zero-order chi connectivity index (χ0) is 14.8. The first-order valence-electron chi connectivity index (χ1n) is 5.93. The molecule has 10 heteroatoms. The molecule has 0 saturated heterocycles. The monoisotopic (exact) mass is 300 g/mol. The second kappa shape index (κ2) is 5.69. The van der Waals surface area contributed by atoms with E-state index in [-0.39, 0.29) is 17.1 Å². The van der Waals surface area contributed by atoms with Gasteiger partial charge in [-0.25, -0.2) is 18.1 Å². The summed E-state index contributed by atoms with van der Waals surface area (Å²) in [5.41, 5.74) is 0.489. The Kier molecular flexibility index (Phi) is 4.16. The molecule has 0 spiro atoms. The third-order valence-electron chi connectivity index (χ3n) is 2.67. The summed E-state index contributed by atoms with van der Waals surface area (Å²) in [5, 5.41) is 19.5. The van der Waals surface area contributed by atoms with E-state index in [1.54, 1.807) is 25.0 Å². The van der Waals surface area contributed by atoms with Crippen LogP contribution in [0.15, 0.2) is 11.2 Å². The van der Waals surface area contributed by atoms with Crippen molar-refractivity contribution in [3.05, 3.63) is 23.5 Å². The molecule has 20 heavy (non-hydrogen) atoms. The molecule has 2 aromatic heterocycles. The summed E-state index contributed by atoms with van der Waals surface area (Å²) in [6.45, 7) is 1.31. The first-order chi connectivity index (χ1) is 9.44. The molecule has 0 aromatic carbocycles. The van der Waals surface area contributed by atoms with Crippen molar-refractivity contribution in [2.45, 2.75) is 24.8 Å². The minimum absolute atomic E-state index is 0.00557. The number of aryl methyl sites for hydroxylation is 2. The Bertz CT molecular complexity index is 690. The van der Waals surface area contributed by atoms with Crippen molar-refractivity contribution in [2.75, 3.05) is 6.54 Å². The van der Waals surface area contributed by atoms with Gasteiger partial charge in [0.05, 0.1) is 12.3 Å². The van der Waals surface area contributed by atoms with Crippen molar-refractivity contribution in [3.8, 4) is 0 Å². The van der Waals surface area contributed by atoms with Crippen LogP contribution in [0.2, 0.25) is 0 Å². The van der Waals surface area contributed by atoms with Crippen molar-refractivity contribution in [1.82, 2.24) is 29.7 Å². The van der Waals surface area contributed by atoms with Gasteiger partial charge in [0, 0.05) is 20.0 Å². The average molecular weight is 300 g/mol. The van der Waals surface area contributed by atoms with Crippen LogP contribution in [0.4, 0.5) is 0 Å². The van der Waals surface area contributed by atoms with Crippen LogP contribution in [0.5, 0.6) is 0 Å². The number of rotatable bonds is 6. The lowest BCUT2D eigenvalue weighted by molar-refractivity contribution is 0.273. The summed E-state index contributed by atoms with van der Waals surface area (Å²) in [6, 6.07) is 0. The second-order valence-corrected chi connectivity index (χ2v) is 5.97. The molecule has 2 rings (SSSR count). The standard InChI is InChI=1S/C10H16N6O3S/c1-7-10(8(5-17)14-13-7)20(18,19)12-4-3-9-11-6-16(2)15-9/h6,12,17H,3-5H2,1-2H3,(H,13,14). The molecule has 0 saturated carbocycles. The highest BCUT2D eigenvalue weighted by Crippen LogP contribution is 2.17. The van der Waals surface area contributed by atoms with E-state index in [1.807, 2.05) is 0 Å². The molecule has 9 nitrogen and oxygen atoms in total. The quantitative estimate of drug-likeness (QED) is 0.619. The number of aliphatic hydroxyl groups excluding tert-OH is 1. The lowest BCUT2D eigenvalue weighted by atomic mass is 10.4. The van der Waals surface area contributed by atoms with Gasteiger partial charge in [0.1, 0.15) is 16.9 Å². The van der Waals surface area contributed by atoms with Crippen LogP contribution in [-0.4, -0.2) is 45.0 Å². The molecule has 0 aliphatic rings. The van der Waals surface area contributed by atoms with Crippen LogP contribution in [0.25, 0.3) is 0 Å². The SMILES string of the molecule is Cc1[nH]nc(CO)c1S(=O)(=O)NCCc1ncn(C)n1. The average Bonchev–Trinajstić information content (AvgIpc) is 2.95. The number of aromatic amines is 1. The Morgan fingerprint density at radius 1 is 1.50 bits per heavy atom. The molecular weight excluding hydrogens is 284 g/mol. The van der Waals surface area contributed by atoms with Gasteiger partial charge in [0.2, 0.25) is 10.0 Å². The predicted octanol–water partition coefficient (Wildman–Crippen LogP) is -1.14. The van der Waals surface area contributed by atoms with Gasteiger partial charge < -0.3 is 5.11 Å². The van der Waals surface area contributed by atoms with Gasteiger partial charge in [-0.15, -0.1) is 0 Å². The van der Waals surface area contributed by atoms with Crippen molar-refractivity contribution < 1.29 is 13.5 Å². The molecule has 0 unspecified atom stereocenters. The van der Waals surface area contributed by atoms with Crippen LogP contribution < -0.4 is 4.72 Å². The van der Waals surface area contributed by atoms with E-state index in [9.17, 15) is 8.42 Å². The lowest BCUT2D eigenvalue weighted by Crippen LogP contribution is -2.27. The number of aliphatic hydroxyl groups is 1. The van der Waals surface area contributed by atoms with E-state index in [0.717, 1.165) is 0 Å². The molecule has 0 radical (unpaired) electrons. The number of aromatic nitrogens is 5. The molecule has 0 bridgehead atoms. The van der Waals surface area contributed by atoms with Gasteiger partial charge in [-0.2, -0.15) is 10.2 Å². The number of nitrogens with one attached hydrogen (secondary N) is 2. The molecule has 0 amide bonds. The van der Waals surface area contributed by atoms with Crippen LogP contribution in [0.1, 0.15) is 17.2 Å². The number of nitrogens with zero attached hydrogens (tertiary/aromatic N) is 4. The van der Waals surface area contributed by atoms with E-state index >= 15 is 0 Å². The third kappa shape index (κ3) is 3.03. The second-order valence-electron chi connectivity index (χ2n) is 4.26. The van der Waals surface area contributed by atoms with Crippen LogP contribution in [0, 0.1) is 6.92 Å². The predicted molar refractivity (Wildman–Crippen MR) is 69.1 cm³/mol. The molecule has 2 aromatic rings. The van der Waals surface area contributed by atoms with E-state index in [0.29, 0.717) is 17.9 Å². The lowest BCUT2D eigenvalue weighted by Gasteiger charge is -2.06. The fraction of sp³-hybridized carbons (Fsp3) is 0.500. The Morgan fingerprint density at radius 3 is 2.85 bits per heavy atom. The summed E-state index contributed by atoms with van der Waals surface area (Å²) in [4.78, 5) is 4.00. The third-order valence-corrected chi connectivity index (χ3v) is 4.33. The van der Waals surface area contributed by atoms with E-state index in [2.05, 4.69) is 25.0 Å². The Morgan fingerprint density at radius 2 is 2.25 bits per heavy atom. The summed E-state index contributed by atoms with van der Waals surface area (Å²) in [7, 11) is -1.98. The fourth-order valence-corrected chi connectivity index (χ4v) is 3.19. The van der Waals surface area contributed by atoms with Crippen molar-refractivity contribution in [2.24, 2.45) is 7.05 Å². The number of hydrogen-bond donors (Lipinski definition) is 3. The topological polar surface area (TPSA) is 126 Å². The van der Waals surface area contributed by atoms with Crippen molar-refractivity contribution in [3.63, 3.8) is 0 Å². The normalized spacial score (nSPS) is 11.9. The molecule has 2 heterocycles. The summed E-state index contributed by atoms with van der Waals surface area (Å²) in [5.74, 6) is 0.557. The Labute approximate surface area is 116 Å². The number of H-pyrrole nitrogens is 1. The summed E-state index contributed by atoms with van der Waals surface area (Å²) >= 11 is 0. The van der Waals surface area contributed by atoms with Crippen molar-refractivity contribution in [1.29, 1.82) is 0 Å². The first kappa shape index (κ1) is 14.6. The maximum Gasteiger partial charge on any atom is 0.244 e. The molecule has 0 atom stereocenters. The van der Waals surface area contributed by atoms with Crippen LogP contribution in [-0.2, 0) is 30.1 Å². The van der Waals surface area contributed by atoms with Gasteiger partial charge >= 0.3 is 0 Å². The Hall–Kier alpha value is -1.78. The van der Waals surface area contributed by atoms with E-state index in [1.165, 1.54) is 0 Å². The van der Waals surface area contributed by atoms with Gasteiger partial charge in [-0.05, 0) is 6.92 Å². The maximum atomic E-state index is 12.2. The van der Waals surface area contributed by atoms with Gasteiger partial charge in [0.15, 0.2) is 5.82 Å². The number of sulfonamides is 1. The van der Waals surface area contributed by atoms with Gasteiger partial charge in [-0.3, -0.25) is 9.78 Å². The van der Waals surface area contributed by atoms with Crippen molar-refractivity contribution >= 4 is 10.0 Å². The highest BCUT2D eigenvalue weighted by molar-refractivity contribution is 7.89. The summed E-state index contributed by atoms with van der Waals surface area (Å²) < 4.78 is 28.3. The Balaban J connectivity index is 2.06. The highest BCUT2D eigenvalue weighted by Gasteiger charge is 2.23. The molecule has 3 N–H and O–H groups in total. The fourth-order valence-electron chi connectivity index (χ4n) is 1.80. The highest BCUT2D eigenvalue weighted by atomic mass is 32.2. The smallest absolute Gasteiger partial charge is 0.244 e. The van der Waals surface area contributed by atoms with E-state index in [4.69, 9.17) is 5.11 Å². The minimum Gasteiger partial charge on any atom is -0.390 e. The molecule has 0 aliphatic carbocycles. The summed E-state index contributed by atoms with van der Waals surface area (Å²) in [6.07, 6.45) is 1.93. The molecular formula is C10H16N6O3S. The largest absolute Gasteiger partial charge is 0.390 e. The first-order valence-corrected chi connectivity index (χ1v) is 7.41. The van der Waals surface area contributed by atoms with Gasteiger partial charge in [-0.1, -0.05) is 0 Å². The van der Waals surface area contributed by atoms with Crippen LogP contribution in [0.3, 0.4) is 0 Å². The molecule has 0 aliphatic heterocycles. The number of hydrogen-bond acceptors (Lipinski definition) is 6. The van der Waals surface area contributed by atoms with Gasteiger partial charge in [0.25, 0.3) is 0 Å². The van der Waals surface area contributed by atoms with E-state index < -0.39 is 16.6 Å². The van der Waals surface area contributed by atoms with Crippen LogP contribution >= 0.6 is 0 Å². The zero-order valence-corrected chi connectivity index (χ0v) is 12.0. The molecule has 110 valence electrons. The minimum atomic E-state index is -3.72. The molecule has 0 fully saturated rings.